The van der Waals surface area contributed by atoms with Crippen LogP contribution in [0.25, 0.3) is 21.8 Å². The van der Waals surface area contributed by atoms with E-state index < -0.39 is 0 Å². The summed E-state index contributed by atoms with van der Waals surface area (Å²) in [5, 5.41) is 2.70. The number of methoxy groups -OCH3 is 1. The average Bonchev–Trinajstić information content (AvgIpc) is 3.19. The fourth-order valence-corrected chi connectivity index (χ4v) is 4.75. The maximum Gasteiger partial charge on any atom is 0.242 e. The lowest BCUT2D eigenvalue weighted by Gasteiger charge is -2.40. The molecule has 2 aromatic carbocycles. The SMILES string of the molecule is COC[C@H]1C(=O)N(Cc2ccc3c(N)ccnc3c2)CCN1Cc1cc2cc(Cl)ccc2[nH]1. The van der Waals surface area contributed by atoms with E-state index in [0.717, 1.165) is 39.6 Å². The van der Waals surface area contributed by atoms with E-state index in [2.05, 4.69) is 20.9 Å². The summed E-state index contributed by atoms with van der Waals surface area (Å²) < 4.78 is 5.42. The van der Waals surface area contributed by atoms with E-state index in [1.807, 2.05) is 41.3 Å². The monoisotopic (exact) mass is 463 g/mol. The van der Waals surface area contributed by atoms with Gasteiger partial charge < -0.3 is 20.4 Å². The molecule has 3 heterocycles. The van der Waals surface area contributed by atoms with Crippen molar-refractivity contribution in [2.75, 3.05) is 32.5 Å². The molecule has 1 aliphatic heterocycles. The van der Waals surface area contributed by atoms with E-state index in [9.17, 15) is 4.79 Å². The number of rotatable bonds is 6. The van der Waals surface area contributed by atoms with Gasteiger partial charge in [0.05, 0.1) is 12.1 Å². The lowest BCUT2D eigenvalue weighted by atomic mass is 10.1. The van der Waals surface area contributed by atoms with E-state index in [4.69, 9.17) is 22.1 Å². The number of amides is 1. The minimum atomic E-state index is -0.340. The number of anilines is 1. The van der Waals surface area contributed by atoms with Crippen molar-refractivity contribution < 1.29 is 9.53 Å². The maximum atomic E-state index is 13.4. The first-order valence-corrected chi connectivity index (χ1v) is 11.3. The molecule has 1 fully saturated rings. The molecule has 0 spiro atoms. The quantitative estimate of drug-likeness (QED) is 0.454. The number of nitrogen functional groups attached to an aromatic ring is 1. The first-order chi connectivity index (χ1) is 16.0. The highest BCUT2D eigenvalue weighted by Gasteiger charge is 2.35. The predicted octanol–water partition coefficient (Wildman–Crippen LogP) is 3.81. The van der Waals surface area contributed by atoms with Gasteiger partial charge in [0.2, 0.25) is 5.91 Å². The number of carbonyl (C=O) groups excluding carboxylic acids is 1. The fourth-order valence-electron chi connectivity index (χ4n) is 4.57. The third kappa shape index (κ3) is 4.39. The summed E-state index contributed by atoms with van der Waals surface area (Å²) in [5.74, 6) is 0.0721. The van der Waals surface area contributed by atoms with Crippen molar-refractivity contribution in [1.82, 2.24) is 19.8 Å². The number of nitrogens with two attached hydrogens (primary N) is 1. The van der Waals surface area contributed by atoms with E-state index >= 15 is 0 Å². The molecule has 0 saturated carbocycles. The van der Waals surface area contributed by atoms with Crippen LogP contribution >= 0.6 is 11.6 Å². The molecular formula is C25H26ClN5O2. The topological polar surface area (TPSA) is 87.5 Å². The number of halogens is 1. The Morgan fingerprint density at radius 1 is 1.15 bits per heavy atom. The van der Waals surface area contributed by atoms with Gasteiger partial charge in [-0.15, -0.1) is 0 Å². The molecule has 1 atom stereocenters. The number of ether oxygens (including phenoxy) is 1. The number of fused-ring (bicyclic) bond motifs is 2. The summed E-state index contributed by atoms with van der Waals surface area (Å²) in [4.78, 5) is 25.3. The Morgan fingerprint density at radius 3 is 2.88 bits per heavy atom. The van der Waals surface area contributed by atoms with Crippen LogP contribution in [0.3, 0.4) is 0 Å². The molecule has 7 nitrogen and oxygen atoms in total. The molecule has 1 saturated heterocycles. The molecule has 170 valence electrons. The number of pyridine rings is 1. The Morgan fingerprint density at radius 2 is 2.03 bits per heavy atom. The van der Waals surface area contributed by atoms with Crippen molar-refractivity contribution in [3.8, 4) is 0 Å². The summed E-state index contributed by atoms with van der Waals surface area (Å²) in [6, 6.07) is 15.3. The lowest BCUT2D eigenvalue weighted by molar-refractivity contribution is -0.145. The first kappa shape index (κ1) is 21.7. The number of nitrogens with one attached hydrogen (secondary N) is 1. The number of hydrogen-bond donors (Lipinski definition) is 2. The van der Waals surface area contributed by atoms with Crippen LogP contribution in [0.5, 0.6) is 0 Å². The van der Waals surface area contributed by atoms with Crippen LogP contribution < -0.4 is 5.73 Å². The largest absolute Gasteiger partial charge is 0.398 e. The van der Waals surface area contributed by atoms with E-state index in [1.165, 1.54) is 0 Å². The Hall–Kier alpha value is -3.13. The van der Waals surface area contributed by atoms with Crippen LogP contribution in [0.2, 0.25) is 5.02 Å². The number of nitrogens with zero attached hydrogens (tertiary/aromatic N) is 3. The summed E-state index contributed by atoms with van der Waals surface area (Å²) in [6.45, 7) is 2.92. The Labute approximate surface area is 197 Å². The van der Waals surface area contributed by atoms with Crippen molar-refractivity contribution in [3.63, 3.8) is 0 Å². The smallest absolute Gasteiger partial charge is 0.242 e. The van der Waals surface area contributed by atoms with Gasteiger partial charge in [0, 0.05) is 72.2 Å². The van der Waals surface area contributed by atoms with Gasteiger partial charge in [-0.1, -0.05) is 23.7 Å². The average molecular weight is 464 g/mol. The zero-order valence-corrected chi connectivity index (χ0v) is 19.2. The highest BCUT2D eigenvalue weighted by atomic mass is 35.5. The van der Waals surface area contributed by atoms with Crippen molar-refractivity contribution >= 4 is 45.0 Å². The fraction of sp³-hybridized carbons (Fsp3) is 0.280. The Bertz CT molecular complexity index is 1320. The Balaban J connectivity index is 1.33. The molecule has 1 amide bonds. The standard InChI is InChI=1S/C25H26ClN5O2/c1-33-15-24-25(32)31(13-16-2-4-20-21(27)6-7-28-23(20)10-16)9-8-30(24)14-19-12-17-11-18(26)3-5-22(17)29-19/h2-7,10-12,24,29H,8-9,13-15H2,1H3,(H2,27,28)/t24-/m0/s1. The molecule has 0 bridgehead atoms. The van der Waals surface area contributed by atoms with Gasteiger partial charge in [-0.2, -0.15) is 0 Å². The molecule has 0 aliphatic carbocycles. The van der Waals surface area contributed by atoms with Crippen molar-refractivity contribution in [2.45, 2.75) is 19.1 Å². The van der Waals surface area contributed by atoms with Crippen LogP contribution in [-0.2, 0) is 22.6 Å². The number of aromatic nitrogens is 2. The molecular weight excluding hydrogens is 438 g/mol. The second-order valence-electron chi connectivity index (χ2n) is 8.48. The summed E-state index contributed by atoms with van der Waals surface area (Å²) in [6.07, 6.45) is 1.71. The zero-order chi connectivity index (χ0) is 22.9. The molecule has 1 aliphatic rings. The lowest BCUT2D eigenvalue weighted by Crippen LogP contribution is -2.57. The van der Waals surface area contributed by atoms with Crippen LogP contribution in [-0.4, -0.2) is 58.5 Å². The van der Waals surface area contributed by atoms with Crippen LogP contribution in [0.4, 0.5) is 5.69 Å². The minimum absolute atomic E-state index is 0.0721. The van der Waals surface area contributed by atoms with E-state index in [1.54, 1.807) is 19.4 Å². The molecule has 5 rings (SSSR count). The molecule has 0 unspecified atom stereocenters. The van der Waals surface area contributed by atoms with Crippen molar-refractivity contribution in [3.05, 3.63) is 71.0 Å². The highest BCUT2D eigenvalue weighted by Crippen LogP contribution is 2.24. The van der Waals surface area contributed by atoms with Gasteiger partial charge in [0.1, 0.15) is 6.04 Å². The van der Waals surface area contributed by atoms with E-state index in [0.29, 0.717) is 37.0 Å². The van der Waals surface area contributed by atoms with Crippen LogP contribution in [0, 0.1) is 0 Å². The number of H-pyrrole nitrogens is 1. The highest BCUT2D eigenvalue weighted by molar-refractivity contribution is 6.31. The maximum absolute atomic E-state index is 13.4. The van der Waals surface area contributed by atoms with Gasteiger partial charge in [-0.25, -0.2) is 0 Å². The molecule has 8 heteroatoms. The van der Waals surface area contributed by atoms with Crippen LogP contribution in [0.15, 0.2) is 54.7 Å². The van der Waals surface area contributed by atoms with Crippen LogP contribution in [0.1, 0.15) is 11.3 Å². The summed E-state index contributed by atoms with van der Waals surface area (Å²) in [5.41, 5.74) is 10.7. The predicted molar refractivity (Wildman–Crippen MR) is 131 cm³/mol. The second kappa shape index (κ2) is 9.02. The minimum Gasteiger partial charge on any atom is -0.398 e. The third-order valence-corrected chi connectivity index (χ3v) is 6.48. The third-order valence-electron chi connectivity index (χ3n) is 6.25. The molecule has 3 N–H and O–H groups in total. The number of hydrogen-bond acceptors (Lipinski definition) is 5. The summed E-state index contributed by atoms with van der Waals surface area (Å²) in [7, 11) is 1.63. The molecule has 0 radical (unpaired) electrons. The number of carbonyl (C=O) groups is 1. The van der Waals surface area contributed by atoms with Crippen molar-refractivity contribution in [1.29, 1.82) is 0 Å². The van der Waals surface area contributed by atoms with E-state index in [-0.39, 0.29) is 11.9 Å². The molecule has 4 aromatic rings. The normalized spacial score (nSPS) is 17.3. The van der Waals surface area contributed by atoms with Gasteiger partial charge in [0.15, 0.2) is 0 Å². The van der Waals surface area contributed by atoms with Crippen molar-refractivity contribution in [2.24, 2.45) is 0 Å². The Kier molecular flexibility index (Phi) is 5.93. The number of piperazine rings is 1. The van der Waals surface area contributed by atoms with Gasteiger partial charge >= 0.3 is 0 Å². The van der Waals surface area contributed by atoms with Gasteiger partial charge in [-0.05, 0) is 42.0 Å². The molecule has 2 aromatic heterocycles. The second-order valence-corrected chi connectivity index (χ2v) is 8.92. The number of aromatic amines is 1. The summed E-state index contributed by atoms with van der Waals surface area (Å²) >= 11 is 6.12. The first-order valence-electron chi connectivity index (χ1n) is 10.9. The number of benzene rings is 2. The zero-order valence-electron chi connectivity index (χ0n) is 18.4. The van der Waals surface area contributed by atoms with Gasteiger partial charge in [-0.3, -0.25) is 14.7 Å². The molecule has 33 heavy (non-hydrogen) atoms. The van der Waals surface area contributed by atoms with Gasteiger partial charge in [0.25, 0.3) is 0 Å².